The van der Waals surface area contributed by atoms with Crippen molar-refractivity contribution >= 4 is 23.2 Å². The highest BCUT2D eigenvalue weighted by atomic mass is 16.2. The van der Waals surface area contributed by atoms with Crippen LogP contribution >= 0.6 is 0 Å². The van der Waals surface area contributed by atoms with Gasteiger partial charge >= 0.3 is 0 Å². The predicted molar refractivity (Wildman–Crippen MR) is 73.4 cm³/mol. The number of piperazine rings is 1. The standard InChI is InChI=1S/C14H17N3O2/c1-3-9-4-5-10-11(6-9)17-12(14(19)16(10)2)7-15-8-13(17)18/h4-6,12,15H,3,7-8H2,1-2H3. The van der Waals surface area contributed by atoms with Crippen molar-refractivity contribution in [3.05, 3.63) is 23.8 Å². The van der Waals surface area contributed by atoms with Crippen LogP contribution in [0.1, 0.15) is 12.5 Å². The van der Waals surface area contributed by atoms with Crippen molar-refractivity contribution in [3.63, 3.8) is 0 Å². The van der Waals surface area contributed by atoms with Gasteiger partial charge in [-0.25, -0.2) is 0 Å². The summed E-state index contributed by atoms with van der Waals surface area (Å²) in [6.07, 6.45) is 0.913. The van der Waals surface area contributed by atoms with Gasteiger partial charge in [0, 0.05) is 13.6 Å². The molecule has 1 aromatic rings. The summed E-state index contributed by atoms with van der Waals surface area (Å²) in [5.74, 6) is -0.0653. The molecule has 0 radical (unpaired) electrons. The maximum absolute atomic E-state index is 12.3. The van der Waals surface area contributed by atoms with E-state index >= 15 is 0 Å². The number of amides is 2. The molecule has 2 amide bonds. The summed E-state index contributed by atoms with van der Waals surface area (Å²) >= 11 is 0. The number of nitrogens with zero attached hydrogens (tertiary/aromatic N) is 2. The minimum Gasteiger partial charge on any atom is -0.312 e. The first-order valence-electron chi connectivity index (χ1n) is 6.56. The number of aryl methyl sites for hydroxylation is 1. The van der Waals surface area contributed by atoms with Crippen LogP contribution in [0.15, 0.2) is 18.2 Å². The first kappa shape index (κ1) is 12.2. The average Bonchev–Trinajstić information content (AvgIpc) is 2.44. The van der Waals surface area contributed by atoms with Gasteiger partial charge in [-0.1, -0.05) is 13.0 Å². The van der Waals surface area contributed by atoms with Gasteiger partial charge in [-0.2, -0.15) is 0 Å². The number of nitrogens with one attached hydrogen (secondary N) is 1. The molecule has 0 spiro atoms. The van der Waals surface area contributed by atoms with Gasteiger partial charge in [0.15, 0.2) is 0 Å². The summed E-state index contributed by atoms with van der Waals surface area (Å²) in [6.45, 7) is 2.89. The highest BCUT2D eigenvalue weighted by molar-refractivity contribution is 6.14. The zero-order valence-electron chi connectivity index (χ0n) is 11.1. The molecule has 1 atom stereocenters. The van der Waals surface area contributed by atoms with Crippen LogP contribution in [0.5, 0.6) is 0 Å². The Hall–Kier alpha value is -1.88. The molecule has 0 aromatic heterocycles. The number of hydrogen-bond acceptors (Lipinski definition) is 3. The maximum Gasteiger partial charge on any atom is 0.251 e. The Morgan fingerprint density at radius 1 is 1.32 bits per heavy atom. The molecule has 100 valence electrons. The van der Waals surface area contributed by atoms with Crippen molar-refractivity contribution in [3.8, 4) is 0 Å². The second-order valence-corrected chi connectivity index (χ2v) is 4.98. The highest BCUT2D eigenvalue weighted by Crippen LogP contribution is 2.36. The van der Waals surface area contributed by atoms with Crippen molar-refractivity contribution in [2.45, 2.75) is 19.4 Å². The zero-order chi connectivity index (χ0) is 13.6. The summed E-state index contributed by atoms with van der Waals surface area (Å²) in [6, 6.07) is 5.55. The Bertz CT molecular complexity index is 556. The van der Waals surface area contributed by atoms with Gasteiger partial charge in [-0.05, 0) is 24.1 Å². The van der Waals surface area contributed by atoms with Crippen LogP contribution < -0.4 is 15.1 Å². The largest absolute Gasteiger partial charge is 0.312 e. The van der Waals surface area contributed by atoms with Gasteiger partial charge in [0.25, 0.3) is 5.91 Å². The van der Waals surface area contributed by atoms with Gasteiger partial charge in [0.2, 0.25) is 5.91 Å². The van der Waals surface area contributed by atoms with E-state index < -0.39 is 6.04 Å². The number of carbonyl (C=O) groups excluding carboxylic acids is 2. The zero-order valence-corrected chi connectivity index (χ0v) is 11.1. The molecule has 0 aliphatic carbocycles. The molecule has 1 aromatic carbocycles. The molecular formula is C14H17N3O2. The summed E-state index contributed by atoms with van der Waals surface area (Å²) in [4.78, 5) is 27.8. The van der Waals surface area contributed by atoms with Crippen molar-refractivity contribution in [2.75, 3.05) is 29.9 Å². The fourth-order valence-corrected chi connectivity index (χ4v) is 2.77. The summed E-state index contributed by atoms with van der Waals surface area (Å²) in [5.41, 5.74) is 2.85. The van der Waals surface area contributed by atoms with E-state index in [4.69, 9.17) is 0 Å². The van der Waals surface area contributed by atoms with E-state index in [1.807, 2.05) is 18.2 Å². The SMILES string of the molecule is CCc1ccc2c(c1)N1C(=O)CNCC1C(=O)N2C. The number of rotatable bonds is 1. The lowest BCUT2D eigenvalue weighted by atomic mass is 10.0. The van der Waals surface area contributed by atoms with E-state index in [0.717, 1.165) is 17.8 Å². The van der Waals surface area contributed by atoms with Crippen molar-refractivity contribution in [1.82, 2.24) is 5.32 Å². The van der Waals surface area contributed by atoms with Crippen LogP contribution in [0, 0.1) is 0 Å². The second-order valence-electron chi connectivity index (χ2n) is 4.98. The lowest BCUT2D eigenvalue weighted by Gasteiger charge is -2.43. The summed E-state index contributed by atoms with van der Waals surface area (Å²) < 4.78 is 0. The Labute approximate surface area is 112 Å². The maximum atomic E-state index is 12.3. The number of hydrogen-bond donors (Lipinski definition) is 1. The van der Waals surface area contributed by atoms with Crippen LogP contribution in [0.4, 0.5) is 11.4 Å². The normalized spacial score (nSPS) is 22.3. The first-order valence-corrected chi connectivity index (χ1v) is 6.56. The molecule has 1 unspecified atom stereocenters. The molecule has 0 bridgehead atoms. The molecule has 5 heteroatoms. The third-order valence-corrected chi connectivity index (χ3v) is 3.88. The molecule has 0 saturated carbocycles. The van der Waals surface area contributed by atoms with Crippen LogP contribution in [0.2, 0.25) is 0 Å². The topological polar surface area (TPSA) is 52.7 Å². The van der Waals surface area contributed by atoms with Gasteiger partial charge in [-0.3, -0.25) is 14.5 Å². The fraction of sp³-hybridized carbons (Fsp3) is 0.429. The molecule has 1 fully saturated rings. The highest BCUT2D eigenvalue weighted by Gasteiger charge is 2.41. The molecule has 1 N–H and O–H groups in total. The number of carbonyl (C=O) groups is 2. The van der Waals surface area contributed by atoms with Crippen molar-refractivity contribution in [2.24, 2.45) is 0 Å². The van der Waals surface area contributed by atoms with Crippen LogP contribution in [-0.4, -0.2) is 38.0 Å². The third kappa shape index (κ3) is 1.73. The van der Waals surface area contributed by atoms with Crippen molar-refractivity contribution < 1.29 is 9.59 Å². The van der Waals surface area contributed by atoms with Gasteiger partial charge in [0.1, 0.15) is 6.04 Å². The van der Waals surface area contributed by atoms with Gasteiger partial charge < -0.3 is 10.2 Å². The van der Waals surface area contributed by atoms with E-state index in [1.165, 1.54) is 5.56 Å². The Balaban J connectivity index is 2.16. The molecule has 2 aliphatic rings. The van der Waals surface area contributed by atoms with Crippen LogP contribution in [0.25, 0.3) is 0 Å². The summed E-state index contributed by atoms with van der Waals surface area (Å²) in [7, 11) is 1.77. The van der Waals surface area contributed by atoms with E-state index in [9.17, 15) is 9.59 Å². The molecule has 2 heterocycles. The monoisotopic (exact) mass is 259 g/mol. The minimum atomic E-state index is -0.411. The second kappa shape index (κ2) is 4.35. The van der Waals surface area contributed by atoms with E-state index in [1.54, 1.807) is 16.8 Å². The first-order chi connectivity index (χ1) is 9.13. The quantitative estimate of drug-likeness (QED) is 0.800. The predicted octanol–water partition coefficient (Wildman–Crippen LogP) is 0.530. The van der Waals surface area contributed by atoms with Crippen molar-refractivity contribution in [1.29, 1.82) is 0 Å². The number of benzene rings is 1. The lowest BCUT2D eigenvalue weighted by Crippen LogP contribution is -2.63. The molecule has 2 aliphatic heterocycles. The molecule has 1 saturated heterocycles. The van der Waals surface area contributed by atoms with Gasteiger partial charge in [-0.15, -0.1) is 0 Å². The Kier molecular flexibility index (Phi) is 2.78. The number of likely N-dealkylation sites (N-methyl/N-ethyl adjacent to an activating group) is 1. The third-order valence-electron chi connectivity index (χ3n) is 3.88. The minimum absolute atomic E-state index is 0.0303. The summed E-state index contributed by atoms with van der Waals surface area (Å²) in [5, 5.41) is 3.01. The molecule has 3 rings (SSSR count). The number of anilines is 2. The van der Waals surface area contributed by atoms with Gasteiger partial charge in [0.05, 0.1) is 17.9 Å². The molecule has 19 heavy (non-hydrogen) atoms. The lowest BCUT2D eigenvalue weighted by molar-refractivity contribution is -0.126. The van der Waals surface area contributed by atoms with E-state index in [2.05, 4.69) is 12.2 Å². The molecular weight excluding hydrogens is 242 g/mol. The average molecular weight is 259 g/mol. The van der Waals surface area contributed by atoms with E-state index in [0.29, 0.717) is 13.1 Å². The van der Waals surface area contributed by atoms with Crippen LogP contribution in [-0.2, 0) is 16.0 Å². The fourth-order valence-electron chi connectivity index (χ4n) is 2.77. The number of fused-ring (bicyclic) bond motifs is 3. The molecule has 5 nitrogen and oxygen atoms in total. The Morgan fingerprint density at radius 3 is 2.84 bits per heavy atom. The van der Waals surface area contributed by atoms with E-state index in [-0.39, 0.29) is 11.8 Å². The Morgan fingerprint density at radius 2 is 2.11 bits per heavy atom. The smallest absolute Gasteiger partial charge is 0.251 e. The van der Waals surface area contributed by atoms with Crippen LogP contribution in [0.3, 0.4) is 0 Å².